The molecule has 0 N–H and O–H groups in total. The molecule has 0 bridgehead atoms. The second-order valence-electron chi connectivity index (χ2n) is 7.74. The highest BCUT2D eigenvalue weighted by molar-refractivity contribution is 5.94. The molecule has 1 aliphatic rings. The Balaban J connectivity index is 1.72. The summed E-state index contributed by atoms with van der Waals surface area (Å²) in [5.74, 6) is 0.338. The number of nitrogens with zero attached hydrogens (tertiary/aromatic N) is 3. The highest BCUT2D eigenvalue weighted by Crippen LogP contribution is 2.32. The number of halogens is 1. The average Bonchev–Trinajstić information content (AvgIpc) is 3.50. The highest BCUT2D eigenvalue weighted by atomic mass is 19.1. The lowest BCUT2D eigenvalue weighted by Gasteiger charge is -2.25. The minimum Gasteiger partial charge on any atom is -0.362 e. The van der Waals surface area contributed by atoms with E-state index < -0.39 is 5.82 Å². The van der Waals surface area contributed by atoms with Gasteiger partial charge in [0.05, 0.1) is 5.52 Å². The van der Waals surface area contributed by atoms with Crippen molar-refractivity contribution in [1.82, 2.24) is 9.88 Å². The van der Waals surface area contributed by atoms with Crippen LogP contribution in [0.15, 0.2) is 48.5 Å². The third-order valence-corrected chi connectivity index (χ3v) is 5.11. The summed E-state index contributed by atoms with van der Waals surface area (Å²) < 4.78 is 13.6. The molecule has 144 valence electrons. The van der Waals surface area contributed by atoms with Gasteiger partial charge in [0.15, 0.2) is 0 Å². The first-order valence-corrected chi connectivity index (χ1v) is 9.56. The topological polar surface area (TPSA) is 36.4 Å². The summed E-state index contributed by atoms with van der Waals surface area (Å²) in [6.45, 7) is 2.52. The number of anilines is 1. The van der Waals surface area contributed by atoms with Crippen LogP contribution in [0.5, 0.6) is 0 Å². The van der Waals surface area contributed by atoms with Gasteiger partial charge in [-0.25, -0.2) is 9.37 Å². The van der Waals surface area contributed by atoms with Crippen molar-refractivity contribution in [2.75, 3.05) is 19.0 Å². The summed E-state index contributed by atoms with van der Waals surface area (Å²) in [6, 6.07) is 14.5. The van der Waals surface area contributed by atoms with Crippen molar-refractivity contribution in [3.8, 4) is 0 Å². The number of hydrogen-bond donors (Lipinski definition) is 0. The number of aromatic nitrogens is 1. The first-order chi connectivity index (χ1) is 13.4. The van der Waals surface area contributed by atoms with E-state index in [1.807, 2.05) is 23.9 Å². The van der Waals surface area contributed by atoms with Gasteiger partial charge in [-0.1, -0.05) is 18.2 Å². The molecule has 0 aliphatic heterocycles. The summed E-state index contributed by atoms with van der Waals surface area (Å²) in [5, 5.41) is 1.06. The van der Waals surface area contributed by atoms with Gasteiger partial charge in [-0.15, -0.1) is 0 Å². The third-order valence-electron chi connectivity index (χ3n) is 5.11. The van der Waals surface area contributed by atoms with Crippen LogP contribution < -0.4 is 4.90 Å². The first-order valence-electron chi connectivity index (χ1n) is 9.56. The van der Waals surface area contributed by atoms with Crippen LogP contribution in [0.2, 0.25) is 0 Å². The fraction of sp³-hybridized carbons (Fsp3) is 0.304. The van der Waals surface area contributed by atoms with E-state index in [4.69, 9.17) is 4.98 Å². The molecule has 0 atom stereocenters. The summed E-state index contributed by atoms with van der Waals surface area (Å²) in [4.78, 5) is 21.8. The van der Waals surface area contributed by atoms with Gasteiger partial charge in [-0.05, 0) is 55.7 Å². The SMILES string of the molecule is Cc1ccc2cc(CN(C(=O)c3cccc(F)c3)C3CC3)c(N(C)C)nc2c1. The number of rotatable bonds is 5. The van der Waals surface area contributed by atoms with Crippen LogP contribution in [0.25, 0.3) is 10.9 Å². The van der Waals surface area contributed by atoms with Crippen molar-refractivity contribution in [2.24, 2.45) is 0 Å². The molecule has 2 aromatic carbocycles. The Morgan fingerprint density at radius 2 is 1.93 bits per heavy atom. The van der Waals surface area contributed by atoms with Crippen molar-refractivity contribution in [3.63, 3.8) is 0 Å². The fourth-order valence-electron chi connectivity index (χ4n) is 3.54. The van der Waals surface area contributed by atoms with E-state index in [1.54, 1.807) is 12.1 Å². The van der Waals surface area contributed by atoms with Crippen molar-refractivity contribution in [2.45, 2.75) is 32.4 Å². The molecule has 1 amide bonds. The van der Waals surface area contributed by atoms with Crippen LogP contribution in [-0.2, 0) is 6.54 Å². The number of hydrogen-bond acceptors (Lipinski definition) is 3. The maximum atomic E-state index is 13.6. The molecular weight excluding hydrogens is 353 g/mol. The van der Waals surface area contributed by atoms with Crippen LogP contribution in [0, 0.1) is 12.7 Å². The second kappa shape index (κ2) is 7.23. The van der Waals surface area contributed by atoms with Crippen LogP contribution in [0.3, 0.4) is 0 Å². The molecule has 0 unspecified atom stereocenters. The molecule has 28 heavy (non-hydrogen) atoms. The van der Waals surface area contributed by atoms with E-state index in [-0.39, 0.29) is 11.9 Å². The van der Waals surface area contributed by atoms with Crippen LogP contribution in [0.4, 0.5) is 10.2 Å². The zero-order chi connectivity index (χ0) is 19.8. The maximum Gasteiger partial charge on any atom is 0.254 e. The zero-order valence-electron chi connectivity index (χ0n) is 16.4. The number of carbonyl (C=O) groups excluding carboxylic acids is 1. The molecule has 4 rings (SSSR count). The molecule has 5 heteroatoms. The normalized spacial score (nSPS) is 13.6. The second-order valence-corrected chi connectivity index (χ2v) is 7.74. The molecule has 4 nitrogen and oxygen atoms in total. The van der Waals surface area contributed by atoms with Gasteiger partial charge in [0.2, 0.25) is 0 Å². The fourth-order valence-corrected chi connectivity index (χ4v) is 3.54. The van der Waals surface area contributed by atoms with E-state index >= 15 is 0 Å². The quantitative estimate of drug-likeness (QED) is 0.654. The Morgan fingerprint density at radius 1 is 1.14 bits per heavy atom. The molecule has 1 aromatic heterocycles. The molecule has 0 saturated heterocycles. The Kier molecular flexibility index (Phi) is 4.75. The predicted octanol–water partition coefficient (Wildman–Crippen LogP) is 4.55. The first kappa shape index (κ1) is 18.4. The smallest absolute Gasteiger partial charge is 0.254 e. The summed E-state index contributed by atoms with van der Waals surface area (Å²) in [7, 11) is 3.92. The van der Waals surface area contributed by atoms with Gasteiger partial charge in [-0.2, -0.15) is 0 Å². The lowest BCUT2D eigenvalue weighted by atomic mass is 10.1. The Morgan fingerprint density at radius 3 is 2.61 bits per heavy atom. The third kappa shape index (κ3) is 3.70. The molecule has 3 aromatic rings. The van der Waals surface area contributed by atoms with E-state index in [0.717, 1.165) is 35.1 Å². The Hall–Kier alpha value is -2.95. The van der Waals surface area contributed by atoms with Gasteiger partial charge in [0.1, 0.15) is 11.6 Å². The number of benzene rings is 2. The predicted molar refractivity (Wildman–Crippen MR) is 110 cm³/mol. The summed E-state index contributed by atoms with van der Waals surface area (Å²) in [6.07, 6.45) is 1.97. The van der Waals surface area contributed by atoms with Gasteiger partial charge in [0, 0.05) is 43.2 Å². The van der Waals surface area contributed by atoms with E-state index in [0.29, 0.717) is 12.1 Å². The van der Waals surface area contributed by atoms with Crippen molar-refractivity contribution in [3.05, 3.63) is 71.0 Å². The summed E-state index contributed by atoms with van der Waals surface area (Å²) in [5.41, 5.74) is 3.50. The molecule has 1 saturated carbocycles. The largest absolute Gasteiger partial charge is 0.362 e. The van der Waals surface area contributed by atoms with Gasteiger partial charge in [-0.3, -0.25) is 4.79 Å². The van der Waals surface area contributed by atoms with Gasteiger partial charge in [0.25, 0.3) is 5.91 Å². The highest BCUT2D eigenvalue weighted by Gasteiger charge is 2.34. The van der Waals surface area contributed by atoms with Crippen molar-refractivity contribution in [1.29, 1.82) is 0 Å². The van der Waals surface area contributed by atoms with Crippen LogP contribution >= 0.6 is 0 Å². The summed E-state index contributed by atoms with van der Waals surface area (Å²) >= 11 is 0. The minimum atomic E-state index is -0.390. The molecule has 1 aliphatic carbocycles. The Labute approximate surface area is 164 Å². The lowest BCUT2D eigenvalue weighted by Crippen LogP contribution is -2.33. The van der Waals surface area contributed by atoms with Gasteiger partial charge >= 0.3 is 0 Å². The average molecular weight is 377 g/mol. The van der Waals surface area contributed by atoms with Crippen LogP contribution in [-0.4, -0.2) is 35.9 Å². The lowest BCUT2D eigenvalue weighted by molar-refractivity contribution is 0.0729. The van der Waals surface area contributed by atoms with Gasteiger partial charge < -0.3 is 9.80 Å². The maximum absolute atomic E-state index is 13.6. The Bertz CT molecular complexity index is 1040. The number of pyridine rings is 1. The molecular formula is C23H24FN3O. The standard InChI is InChI=1S/C23H24FN3O/c1-15-7-8-16-12-18(22(26(2)3)25-21(16)11-15)14-27(20-9-10-20)23(28)17-5-4-6-19(24)13-17/h4-8,11-13,20H,9-10,14H2,1-3H3. The van der Waals surface area contributed by atoms with Crippen molar-refractivity contribution >= 4 is 22.6 Å². The van der Waals surface area contributed by atoms with Crippen LogP contribution in [0.1, 0.15) is 34.3 Å². The molecule has 1 fully saturated rings. The number of aryl methyl sites for hydroxylation is 1. The molecule has 1 heterocycles. The zero-order valence-corrected chi connectivity index (χ0v) is 16.4. The van der Waals surface area contributed by atoms with E-state index in [2.05, 4.69) is 31.2 Å². The number of amides is 1. The van der Waals surface area contributed by atoms with E-state index in [9.17, 15) is 9.18 Å². The monoisotopic (exact) mass is 377 g/mol. The minimum absolute atomic E-state index is 0.129. The molecule has 0 radical (unpaired) electrons. The number of fused-ring (bicyclic) bond motifs is 1. The van der Waals surface area contributed by atoms with Crippen molar-refractivity contribution < 1.29 is 9.18 Å². The van der Waals surface area contributed by atoms with E-state index in [1.165, 1.54) is 17.7 Å². The number of carbonyl (C=O) groups is 1. The molecule has 0 spiro atoms.